The highest BCUT2D eigenvalue weighted by molar-refractivity contribution is 5.15. The number of nitrogens with one attached hydrogen (secondary N) is 1. The number of aromatic nitrogens is 1. The van der Waals surface area contributed by atoms with Gasteiger partial charge in [-0.1, -0.05) is 20.8 Å². The Labute approximate surface area is 90.9 Å². The molecule has 1 N–H and O–H groups in total. The van der Waals surface area contributed by atoms with Crippen molar-refractivity contribution in [2.45, 2.75) is 26.7 Å². The Morgan fingerprint density at radius 3 is 2.73 bits per heavy atom. The minimum absolute atomic E-state index is 0.255. The summed E-state index contributed by atoms with van der Waals surface area (Å²) in [6, 6.07) is 1.57. The summed E-state index contributed by atoms with van der Waals surface area (Å²) in [6.45, 7) is 8.28. The number of nitrogens with zero attached hydrogens (tertiary/aromatic N) is 1. The van der Waals surface area contributed by atoms with Gasteiger partial charge in [-0.3, -0.25) is 4.98 Å². The van der Waals surface area contributed by atoms with Crippen molar-refractivity contribution in [2.24, 2.45) is 5.92 Å². The molecule has 2 unspecified atom stereocenters. The summed E-state index contributed by atoms with van der Waals surface area (Å²) < 4.78 is 13.0. The zero-order valence-electron chi connectivity index (χ0n) is 9.63. The predicted octanol–water partition coefficient (Wildman–Crippen LogP) is 2.57. The summed E-state index contributed by atoms with van der Waals surface area (Å²) in [5.74, 6) is 0.552. The van der Waals surface area contributed by atoms with Crippen LogP contribution in [0.1, 0.15) is 32.3 Å². The van der Waals surface area contributed by atoms with Gasteiger partial charge in [0.1, 0.15) is 5.82 Å². The monoisotopic (exact) mass is 210 g/mol. The third-order valence-electron chi connectivity index (χ3n) is 2.82. The summed E-state index contributed by atoms with van der Waals surface area (Å²) in [6.07, 6.45) is 2.99. The lowest BCUT2D eigenvalue weighted by atomic mass is 9.90. The maximum absolute atomic E-state index is 13.0. The number of pyridine rings is 1. The van der Waals surface area contributed by atoms with Crippen molar-refractivity contribution in [2.75, 3.05) is 13.1 Å². The molecule has 0 fully saturated rings. The Hall–Kier alpha value is -0.960. The van der Waals surface area contributed by atoms with Crippen LogP contribution in [-0.4, -0.2) is 18.1 Å². The molecule has 0 bridgehead atoms. The summed E-state index contributed by atoms with van der Waals surface area (Å²) in [7, 11) is 0. The van der Waals surface area contributed by atoms with Crippen molar-refractivity contribution in [1.29, 1.82) is 0 Å². The molecule has 3 heteroatoms. The molecule has 0 aromatic carbocycles. The standard InChI is InChI=1S/C12H19FN2/c1-4-14-6-9(2)10(3)11-5-12(13)8-15-7-11/h5,7-10,14H,4,6H2,1-3H3. The van der Waals surface area contributed by atoms with Crippen molar-refractivity contribution >= 4 is 0 Å². The van der Waals surface area contributed by atoms with Gasteiger partial charge in [0.25, 0.3) is 0 Å². The third-order valence-corrected chi connectivity index (χ3v) is 2.82. The lowest BCUT2D eigenvalue weighted by molar-refractivity contribution is 0.451. The van der Waals surface area contributed by atoms with Crippen LogP contribution in [0.4, 0.5) is 4.39 Å². The Kier molecular flexibility index (Phi) is 4.69. The number of rotatable bonds is 5. The van der Waals surface area contributed by atoms with E-state index in [4.69, 9.17) is 0 Å². The molecule has 0 aliphatic heterocycles. The minimum Gasteiger partial charge on any atom is -0.317 e. The highest BCUT2D eigenvalue weighted by atomic mass is 19.1. The summed E-state index contributed by atoms with van der Waals surface area (Å²) in [5, 5.41) is 3.30. The predicted molar refractivity (Wildman–Crippen MR) is 60.3 cm³/mol. The van der Waals surface area contributed by atoms with Crippen molar-refractivity contribution in [3.63, 3.8) is 0 Å². The molecule has 84 valence electrons. The Morgan fingerprint density at radius 2 is 2.13 bits per heavy atom. The molecule has 0 aliphatic rings. The molecule has 1 heterocycles. The molecule has 0 saturated heterocycles. The van der Waals surface area contributed by atoms with E-state index in [-0.39, 0.29) is 5.82 Å². The fraction of sp³-hybridized carbons (Fsp3) is 0.583. The van der Waals surface area contributed by atoms with Crippen LogP contribution in [0.5, 0.6) is 0 Å². The van der Waals surface area contributed by atoms with E-state index in [1.807, 2.05) is 0 Å². The van der Waals surface area contributed by atoms with Gasteiger partial charge in [-0.25, -0.2) is 4.39 Å². The Balaban J connectivity index is 2.62. The highest BCUT2D eigenvalue weighted by Crippen LogP contribution is 2.23. The van der Waals surface area contributed by atoms with E-state index >= 15 is 0 Å². The van der Waals surface area contributed by atoms with Gasteiger partial charge in [-0.2, -0.15) is 0 Å². The van der Waals surface area contributed by atoms with Crippen LogP contribution in [0.25, 0.3) is 0 Å². The van der Waals surface area contributed by atoms with Crippen LogP contribution in [0.15, 0.2) is 18.5 Å². The SMILES string of the molecule is CCNCC(C)C(C)c1cncc(F)c1. The number of halogens is 1. The second kappa shape index (κ2) is 5.81. The van der Waals surface area contributed by atoms with Crippen molar-refractivity contribution in [3.8, 4) is 0 Å². The van der Waals surface area contributed by atoms with Crippen LogP contribution < -0.4 is 5.32 Å². The zero-order valence-corrected chi connectivity index (χ0v) is 9.63. The first-order valence-corrected chi connectivity index (χ1v) is 5.46. The second-order valence-corrected chi connectivity index (χ2v) is 4.01. The molecule has 0 radical (unpaired) electrons. The molecular weight excluding hydrogens is 191 g/mol. The van der Waals surface area contributed by atoms with E-state index in [1.165, 1.54) is 6.20 Å². The van der Waals surface area contributed by atoms with E-state index in [2.05, 4.69) is 31.1 Å². The zero-order chi connectivity index (χ0) is 11.3. The molecule has 2 nitrogen and oxygen atoms in total. The van der Waals surface area contributed by atoms with E-state index in [9.17, 15) is 4.39 Å². The van der Waals surface area contributed by atoms with Crippen molar-refractivity contribution in [3.05, 3.63) is 29.8 Å². The Bertz CT molecular complexity index is 301. The Morgan fingerprint density at radius 1 is 1.40 bits per heavy atom. The van der Waals surface area contributed by atoms with Gasteiger partial charge in [-0.15, -0.1) is 0 Å². The van der Waals surface area contributed by atoms with Crippen LogP contribution >= 0.6 is 0 Å². The maximum atomic E-state index is 13.0. The normalized spacial score (nSPS) is 14.9. The van der Waals surface area contributed by atoms with Gasteiger partial charge in [0.2, 0.25) is 0 Å². The van der Waals surface area contributed by atoms with Crippen LogP contribution in [0.2, 0.25) is 0 Å². The minimum atomic E-state index is -0.255. The first-order chi connectivity index (χ1) is 7.15. The molecular formula is C12H19FN2. The fourth-order valence-electron chi connectivity index (χ4n) is 1.55. The molecule has 0 spiro atoms. The van der Waals surface area contributed by atoms with E-state index in [0.717, 1.165) is 18.7 Å². The van der Waals surface area contributed by atoms with Gasteiger partial charge >= 0.3 is 0 Å². The quantitative estimate of drug-likeness (QED) is 0.808. The van der Waals surface area contributed by atoms with Crippen molar-refractivity contribution in [1.82, 2.24) is 10.3 Å². The summed E-state index contributed by atoms with van der Waals surface area (Å²) in [5.41, 5.74) is 0.973. The topological polar surface area (TPSA) is 24.9 Å². The van der Waals surface area contributed by atoms with E-state index in [0.29, 0.717) is 11.8 Å². The van der Waals surface area contributed by atoms with Crippen LogP contribution in [-0.2, 0) is 0 Å². The summed E-state index contributed by atoms with van der Waals surface area (Å²) in [4.78, 5) is 3.87. The first-order valence-electron chi connectivity index (χ1n) is 5.46. The molecule has 15 heavy (non-hydrogen) atoms. The van der Waals surface area contributed by atoms with Crippen LogP contribution in [0, 0.1) is 11.7 Å². The number of hydrogen-bond acceptors (Lipinski definition) is 2. The third kappa shape index (κ3) is 3.59. The van der Waals surface area contributed by atoms with Gasteiger partial charge < -0.3 is 5.32 Å². The van der Waals surface area contributed by atoms with E-state index < -0.39 is 0 Å². The average molecular weight is 210 g/mol. The maximum Gasteiger partial charge on any atom is 0.141 e. The van der Waals surface area contributed by atoms with E-state index in [1.54, 1.807) is 12.3 Å². The molecule has 0 saturated carbocycles. The number of hydrogen-bond donors (Lipinski definition) is 1. The molecule has 0 amide bonds. The molecule has 2 atom stereocenters. The second-order valence-electron chi connectivity index (χ2n) is 4.01. The largest absolute Gasteiger partial charge is 0.317 e. The highest BCUT2D eigenvalue weighted by Gasteiger charge is 2.14. The molecule has 1 aromatic rings. The van der Waals surface area contributed by atoms with Gasteiger partial charge in [-0.05, 0) is 36.6 Å². The molecule has 0 aliphatic carbocycles. The molecule has 1 aromatic heterocycles. The smallest absolute Gasteiger partial charge is 0.141 e. The van der Waals surface area contributed by atoms with Gasteiger partial charge in [0, 0.05) is 6.20 Å². The molecule has 1 rings (SSSR count). The van der Waals surface area contributed by atoms with Crippen LogP contribution in [0.3, 0.4) is 0 Å². The fourth-order valence-corrected chi connectivity index (χ4v) is 1.55. The lowest BCUT2D eigenvalue weighted by Crippen LogP contribution is -2.24. The first kappa shape index (κ1) is 12.1. The van der Waals surface area contributed by atoms with Crippen molar-refractivity contribution < 1.29 is 4.39 Å². The lowest BCUT2D eigenvalue weighted by Gasteiger charge is -2.20. The van der Waals surface area contributed by atoms with Gasteiger partial charge in [0.15, 0.2) is 0 Å². The summed E-state index contributed by atoms with van der Waals surface area (Å²) >= 11 is 0. The van der Waals surface area contributed by atoms with Gasteiger partial charge in [0.05, 0.1) is 6.20 Å². The average Bonchev–Trinajstić information content (AvgIpc) is 2.24.